The highest BCUT2D eigenvalue weighted by atomic mass is 32.1. The van der Waals surface area contributed by atoms with Gasteiger partial charge in [0, 0.05) is 12.1 Å². The molecule has 3 aromatic rings. The van der Waals surface area contributed by atoms with Gasteiger partial charge in [-0.25, -0.2) is 4.98 Å². The van der Waals surface area contributed by atoms with E-state index in [-0.39, 0.29) is 44.9 Å². The second-order valence-corrected chi connectivity index (χ2v) is 8.74. The first-order chi connectivity index (χ1) is 17.5. The number of aliphatic hydroxyl groups excluding tert-OH is 1. The lowest BCUT2D eigenvalue weighted by Crippen LogP contribution is -2.46. The molecule has 4 N–H and O–H groups in total. The van der Waals surface area contributed by atoms with Gasteiger partial charge in [0.25, 0.3) is 17.4 Å². The Hall–Kier alpha value is -3.36. The number of nitrogens with zero attached hydrogens (tertiary/aromatic N) is 1. The lowest BCUT2D eigenvalue weighted by molar-refractivity contribution is -0.169. The molecule has 1 aliphatic rings. The van der Waals surface area contributed by atoms with E-state index in [9.17, 15) is 14.4 Å². The van der Waals surface area contributed by atoms with Crippen molar-refractivity contribution in [2.75, 3.05) is 33.7 Å². The highest BCUT2D eigenvalue weighted by molar-refractivity contribution is 7.16. The van der Waals surface area contributed by atoms with E-state index in [1.807, 2.05) is 24.3 Å². The molecule has 1 aliphatic heterocycles. The highest BCUT2D eigenvalue weighted by Crippen LogP contribution is 2.22. The van der Waals surface area contributed by atoms with Crippen molar-refractivity contribution in [3.8, 4) is 5.75 Å². The Kier molecular flexibility index (Phi) is 8.61. The number of aliphatic hydroxyl groups is 1. The third-order valence-corrected chi connectivity index (χ3v) is 6.32. The van der Waals surface area contributed by atoms with Crippen molar-refractivity contribution < 1.29 is 33.6 Å². The molecule has 3 heterocycles. The summed E-state index contributed by atoms with van der Waals surface area (Å²) in [7, 11) is 1.57. The third kappa shape index (κ3) is 6.25. The number of aromatic amines is 1. The number of thiophene rings is 1. The van der Waals surface area contributed by atoms with Crippen LogP contribution in [-0.2, 0) is 32.2 Å². The van der Waals surface area contributed by atoms with Crippen molar-refractivity contribution in [3.63, 3.8) is 0 Å². The second-order valence-electron chi connectivity index (χ2n) is 7.88. The number of methoxy groups -OCH3 is 1. The lowest BCUT2D eigenvalue weighted by atomic mass is 10.2. The third-order valence-electron chi connectivity index (χ3n) is 5.40. The molecule has 0 radical (unpaired) electrons. The minimum atomic E-state index is -0.777. The summed E-state index contributed by atoms with van der Waals surface area (Å²) in [5, 5.41) is 15.9. The van der Waals surface area contributed by atoms with Gasteiger partial charge in [-0.1, -0.05) is 12.1 Å². The van der Waals surface area contributed by atoms with Gasteiger partial charge in [0.2, 0.25) is 5.82 Å². The van der Waals surface area contributed by atoms with E-state index in [1.165, 1.54) is 11.3 Å². The van der Waals surface area contributed by atoms with Crippen LogP contribution in [0.4, 0.5) is 0 Å². The van der Waals surface area contributed by atoms with Crippen LogP contribution in [-0.4, -0.2) is 72.8 Å². The van der Waals surface area contributed by atoms with Gasteiger partial charge in [-0.2, -0.15) is 0 Å². The number of rotatable bonds is 10. The molecule has 0 spiro atoms. The molecular weight excluding hydrogens is 492 g/mol. The van der Waals surface area contributed by atoms with Crippen LogP contribution in [0.3, 0.4) is 0 Å². The molecule has 12 nitrogen and oxygen atoms in total. The van der Waals surface area contributed by atoms with Crippen molar-refractivity contribution in [1.29, 1.82) is 0 Å². The second kappa shape index (κ2) is 12.1. The molecule has 1 aromatic carbocycles. The van der Waals surface area contributed by atoms with Crippen molar-refractivity contribution >= 4 is 33.4 Å². The summed E-state index contributed by atoms with van der Waals surface area (Å²) >= 11 is 1.24. The fourth-order valence-electron chi connectivity index (χ4n) is 3.55. The molecule has 1 saturated heterocycles. The Labute approximate surface area is 209 Å². The van der Waals surface area contributed by atoms with Crippen LogP contribution in [0.5, 0.6) is 5.75 Å². The predicted molar refractivity (Wildman–Crippen MR) is 129 cm³/mol. The number of hydrogen-bond donors (Lipinski definition) is 4. The SMILES string of the molecule is COc1cccc(CNC(=O)c2nc3scc(COCC4COC(C(=O)NCO)CO4)c3c(=O)[nH]2)c1. The van der Waals surface area contributed by atoms with Gasteiger partial charge in [-0.15, -0.1) is 11.3 Å². The fraction of sp³-hybridized carbons (Fsp3) is 0.391. The summed E-state index contributed by atoms with van der Waals surface area (Å²) in [6, 6.07) is 7.29. The van der Waals surface area contributed by atoms with E-state index in [0.717, 1.165) is 5.56 Å². The minimum absolute atomic E-state index is 0.0491. The molecule has 2 atom stereocenters. The minimum Gasteiger partial charge on any atom is -0.497 e. The molecular formula is C23H26N4O8S. The number of ether oxygens (including phenoxy) is 4. The van der Waals surface area contributed by atoms with Gasteiger partial charge in [-0.3, -0.25) is 14.4 Å². The summed E-state index contributed by atoms with van der Waals surface area (Å²) in [6.45, 7) is 0.324. The summed E-state index contributed by atoms with van der Waals surface area (Å²) in [5.41, 5.74) is 1.06. The van der Waals surface area contributed by atoms with Crippen LogP contribution in [0.15, 0.2) is 34.4 Å². The van der Waals surface area contributed by atoms with Gasteiger partial charge in [0.1, 0.15) is 23.4 Å². The zero-order chi connectivity index (χ0) is 25.5. The van der Waals surface area contributed by atoms with Gasteiger partial charge in [0.15, 0.2) is 6.10 Å². The number of aromatic nitrogens is 2. The van der Waals surface area contributed by atoms with E-state index in [2.05, 4.69) is 20.6 Å². The fourth-order valence-corrected chi connectivity index (χ4v) is 4.48. The number of benzene rings is 1. The predicted octanol–water partition coefficient (Wildman–Crippen LogP) is 0.290. The Bertz CT molecular complexity index is 1270. The molecule has 192 valence electrons. The molecule has 4 rings (SSSR count). The van der Waals surface area contributed by atoms with E-state index < -0.39 is 30.2 Å². The molecule has 13 heteroatoms. The Morgan fingerprint density at radius 2 is 2.14 bits per heavy atom. The number of carbonyl (C=O) groups is 2. The molecule has 2 amide bonds. The summed E-state index contributed by atoms with van der Waals surface area (Å²) in [4.78, 5) is 44.2. The van der Waals surface area contributed by atoms with Crippen molar-refractivity contribution in [2.45, 2.75) is 25.4 Å². The van der Waals surface area contributed by atoms with Crippen LogP contribution in [0.2, 0.25) is 0 Å². The standard InChI is InChI=1S/C23H26N4O8S/c1-32-15-4-2-3-13(5-15)6-24-22(31)19-26-21(30)18-14(11-36-23(18)27-19)7-33-8-16-9-35-17(10-34-16)20(29)25-12-28/h2-5,11,16-17,28H,6-10,12H2,1H3,(H,24,31)(H,25,29)(H,26,27,30). The lowest BCUT2D eigenvalue weighted by Gasteiger charge is -2.28. The van der Waals surface area contributed by atoms with Gasteiger partial charge in [-0.05, 0) is 23.1 Å². The number of carbonyl (C=O) groups excluding carboxylic acids is 2. The monoisotopic (exact) mass is 518 g/mol. The van der Waals surface area contributed by atoms with Gasteiger partial charge >= 0.3 is 0 Å². The maximum atomic E-state index is 12.7. The average molecular weight is 519 g/mol. The zero-order valence-corrected chi connectivity index (χ0v) is 20.3. The van der Waals surface area contributed by atoms with E-state index in [4.69, 9.17) is 24.1 Å². The summed E-state index contributed by atoms with van der Waals surface area (Å²) < 4.78 is 21.9. The van der Waals surface area contributed by atoms with Crippen molar-refractivity contribution in [1.82, 2.24) is 20.6 Å². The quantitative estimate of drug-likeness (QED) is 0.277. The van der Waals surface area contributed by atoms with Crippen LogP contribution >= 0.6 is 11.3 Å². The number of fused-ring (bicyclic) bond motifs is 1. The van der Waals surface area contributed by atoms with Crippen LogP contribution < -0.4 is 20.9 Å². The first-order valence-corrected chi connectivity index (χ1v) is 12.0. The maximum absolute atomic E-state index is 12.7. The smallest absolute Gasteiger partial charge is 0.287 e. The average Bonchev–Trinajstić information content (AvgIpc) is 3.31. The van der Waals surface area contributed by atoms with Crippen LogP contribution in [0, 0.1) is 0 Å². The molecule has 2 aromatic heterocycles. The highest BCUT2D eigenvalue weighted by Gasteiger charge is 2.27. The zero-order valence-electron chi connectivity index (χ0n) is 19.4. The largest absolute Gasteiger partial charge is 0.497 e. The Balaban J connectivity index is 1.31. The Morgan fingerprint density at radius 3 is 2.89 bits per heavy atom. The van der Waals surface area contributed by atoms with Crippen molar-refractivity contribution in [2.24, 2.45) is 0 Å². The first kappa shape index (κ1) is 25.7. The first-order valence-electron chi connectivity index (χ1n) is 11.1. The molecule has 2 unspecified atom stereocenters. The topological polar surface area (TPSA) is 161 Å². The van der Waals surface area contributed by atoms with E-state index in [0.29, 0.717) is 21.5 Å². The normalized spacial score (nSPS) is 17.6. The number of nitrogens with one attached hydrogen (secondary N) is 3. The maximum Gasteiger partial charge on any atom is 0.287 e. The number of amides is 2. The molecule has 0 aliphatic carbocycles. The van der Waals surface area contributed by atoms with Gasteiger partial charge < -0.3 is 39.7 Å². The van der Waals surface area contributed by atoms with Crippen LogP contribution in [0.25, 0.3) is 10.2 Å². The molecule has 36 heavy (non-hydrogen) atoms. The van der Waals surface area contributed by atoms with E-state index >= 15 is 0 Å². The van der Waals surface area contributed by atoms with Gasteiger partial charge in [0.05, 0.1) is 38.9 Å². The molecule has 0 saturated carbocycles. The molecule has 1 fully saturated rings. The number of hydrogen-bond acceptors (Lipinski definition) is 10. The van der Waals surface area contributed by atoms with E-state index in [1.54, 1.807) is 12.5 Å². The van der Waals surface area contributed by atoms with Crippen LogP contribution in [0.1, 0.15) is 21.7 Å². The summed E-state index contributed by atoms with van der Waals surface area (Å²) in [5.74, 6) is -0.331. The van der Waals surface area contributed by atoms with Crippen molar-refractivity contribution in [3.05, 3.63) is 57.0 Å². The summed E-state index contributed by atoms with van der Waals surface area (Å²) in [6.07, 6.45) is -1.15. The number of H-pyrrole nitrogens is 1. The Morgan fingerprint density at radius 1 is 1.28 bits per heavy atom. The molecule has 0 bridgehead atoms.